The Morgan fingerprint density at radius 2 is 1.73 bits per heavy atom. The quantitative estimate of drug-likeness (QED) is 0.394. The molecule has 22 heavy (non-hydrogen) atoms. The third-order valence-corrected chi connectivity index (χ3v) is 3.58. The van der Waals surface area contributed by atoms with Crippen molar-refractivity contribution >= 4 is 12.0 Å². The van der Waals surface area contributed by atoms with Crippen LogP contribution in [0.5, 0.6) is 5.75 Å². The van der Waals surface area contributed by atoms with Crippen LogP contribution in [0.15, 0.2) is 55.1 Å². The van der Waals surface area contributed by atoms with E-state index in [9.17, 15) is 4.79 Å². The van der Waals surface area contributed by atoms with Crippen molar-refractivity contribution in [1.82, 2.24) is 0 Å². The average Bonchev–Trinajstić information content (AvgIpc) is 2.57. The highest BCUT2D eigenvalue weighted by atomic mass is 16.5. The molecule has 2 heteroatoms. The molecular weight excluding hydrogens is 272 g/mol. The zero-order valence-corrected chi connectivity index (χ0v) is 13.0. The fraction of sp³-hybridized carbons (Fsp3) is 0.250. The van der Waals surface area contributed by atoms with E-state index >= 15 is 0 Å². The summed E-state index contributed by atoms with van der Waals surface area (Å²) in [4.78, 5) is 12.1. The highest BCUT2D eigenvalue weighted by molar-refractivity contribution is 5.91. The van der Waals surface area contributed by atoms with Gasteiger partial charge in [0.2, 0.25) is 0 Å². The van der Waals surface area contributed by atoms with Crippen LogP contribution >= 0.6 is 0 Å². The normalized spacial score (nSPS) is 10.2. The molecule has 0 aliphatic rings. The van der Waals surface area contributed by atoms with Gasteiger partial charge in [-0.3, -0.25) is 0 Å². The zero-order chi connectivity index (χ0) is 15.8. The molecule has 0 amide bonds. The minimum Gasteiger partial charge on any atom is -0.423 e. The van der Waals surface area contributed by atoms with Crippen LogP contribution in [0.25, 0.3) is 6.08 Å². The van der Waals surface area contributed by atoms with Gasteiger partial charge in [-0.15, -0.1) is 0 Å². The molecule has 0 bridgehead atoms. The molecule has 0 heterocycles. The van der Waals surface area contributed by atoms with Gasteiger partial charge in [0, 0.05) is 0 Å². The number of hydrogen-bond acceptors (Lipinski definition) is 2. The molecule has 0 fully saturated rings. The van der Waals surface area contributed by atoms with E-state index in [0.717, 1.165) is 12.0 Å². The fourth-order valence-electron chi connectivity index (χ4n) is 2.22. The molecular formula is C20H22O2. The van der Waals surface area contributed by atoms with Gasteiger partial charge in [-0.25, -0.2) is 4.79 Å². The Balaban J connectivity index is 1.94. The topological polar surface area (TPSA) is 26.3 Å². The molecule has 2 rings (SSSR count). The van der Waals surface area contributed by atoms with Crippen LogP contribution in [-0.2, 0) is 6.42 Å². The second-order valence-corrected chi connectivity index (χ2v) is 5.32. The second kappa shape index (κ2) is 8.18. The number of hydrogen-bond donors (Lipinski definition) is 0. The van der Waals surface area contributed by atoms with E-state index in [0.29, 0.717) is 11.3 Å². The van der Waals surface area contributed by atoms with E-state index in [1.807, 2.05) is 36.4 Å². The Hall–Kier alpha value is -2.35. The fourth-order valence-corrected chi connectivity index (χ4v) is 2.22. The number of carbonyl (C=O) groups excluding carboxylic acids is 1. The maximum atomic E-state index is 12.1. The van der Waals surface area contributed by atoms with Gasteiger partial charge in [0.15, 0.2) is 0 Å². The molecule has 0 radical (unpaired) electrons. The highest BCUT2D eigenvalue weighted by Gasteiger charge is 2.08. The molecule has 2 nitrogen and oxygen atoms in total. The van der Waals surface area contributed by atoms with Crippen molar-refractivity contribution in [2.24, 2.45) is 0 Å². The number of aryl methyl sites for hydroxylation is 1. The number of unbranched alkanes of at least 4 members (excludes halogenated alkanes) is 2. The molecule has 0 spiro atoms. The molecule has 0 N–H and O–H groups in total. The largest absolute Gasteiger partial charge is 0.423 e. The maximum absolute atomic E-state index is 12.1. The summed E-state index contributed by atoms with van der Waals surface area (Å²) in [5.41, 5.74) is 2.80. The lowest BCUT2D eigenvalue weighted by Gasteiger charge is -2.06. The third kappa shape index (κ3) is 4.59. The van der Waals surface area contributed by atoms with Crippen molar-refractivity contribution in [3.63, 3.8) is 0 Å². The molecule has 0 aliphatic carbocycles. The minimum atomic E-state index is -0.339. The molecule has 114 valence electrons. The first-order valence-electron chi connectivity index (χ1n) is 7.76. The van der Waals surface area contributed by atoms with Gasteiger partial charge in [-0.05, 0) is 48.2 Å². The van der Waals surface area contributed by atoms with Crippen LogP contribution in [0.2, 0.25) is 0 Å². The average molecular weight is 294 g/mol. The first-order chi connectivity index (χ1) is 10.7. The molecule has 0 saturated carbocycles. The first-order valence-corrected chi connectivity index (χ1v) is 7.76. The Kier molecular flexibility index (Phi) is 5.96. The number of rotatable bonds is 7. The smallest absolute Gasteiger partial charge is 0.343 e. The summed E-state index contributed by atoms with van der Waals surface area (Å²) in [5.74, 6) is 0.242. The van der Waals surface area contributed by atoms with E-state index in [2.05, 4.69) is 13.5 Å². The summed E-state index contributed by atoms with van der Waals surface area (Å²) >= 11 is 0. The number of esters is 1. The summed E-state index contributed by atoms with van der Waals surface area (Å²) < 4.78 is 5.39. The molecule has 2 aromatic carbocycles. The van der Waals surface area contributed by atoms with Crippen LogP contribution in [0.3, 0.4) is 0 Å². The Morgan fingerprint density at radius 1 is 1.05 bits per heavy atom. The Morgan fingerprint density at radius 3 is 2.32 bits per heavy atom. The summed E-state index contributed by atoms with van der Waals surface area (Å²) in [6, 6.07) is 15.0. The van der Waals surface area contributed by atoms with Gasteiger partial charge in [0.05, 0.1) is 5.56 Å². The standard InChI is InChI=1S/C20H22O2/c1-3-5-6-7-17-10-14-19(15-11-17)22-20(21)18-12-8-16(4-2)9-13-18/h4,8-15H,2-3,5-7H2,1H3. The summed E-state index contributed by atoms with van der Waals surface area (Å²) in [7, 11) is 0. The van der Waals surface area contributed by atoms with Gasteiger partial charge in [-0.1, -0.05) is 56.7 Å². The lowest BCUT2D eigenvalue weighted by molar-refractivity contribution is 0.0734. The van der Waals surface area contributed by atoms with Gasteiger partial charge in [0.1, 0.15) is 5.75 Å². The van der Waals surface area contributed by atoms with Crippen LogP contribution in [0.4, 0.5) is 0 Å². The van der Waals surface area contributed by atoms with Gasteiger partial charge in [0.25, 0.3) is 0 Å². The van der Waals surface area contributed by atoms with E-state index in [1.54, 1.807) is 18.2 Å². The predicted molar refractivity (Wildman–Crippen MR) is 91.2 cm³/mol. The molecule has 0 aliphatic heterocycles. The van der Waals surface area contributed by atoms with Crippen molar-refractivity contribution in [2.75, 3.05) is 0 Å². The first kappa shape index (κ1) is 16.0. The lowest BCUT2D eigenvalue weighted by Crippen LogP contribution is -2.08. The van der Waals surface area contributed by atoms with Gasteiger partial charge >= 0.3 is 5.97 Å². The van der Waals surface area contributed by atoms with Crippen molar-refractivity contribution in [2.45, 2.75) is 32.6 Å². The summed E-state index contributed by atoms with van der Waals surface area (Å²) in [5, 5.41) is 0. The summed E-state index contributed by atoms with van der Waals surface area (Å²) in [6.07, 6.45) is 6.49. The van der Waals surface area contributed by atoms with Crippen LogP contribution in [-0.4, -0.2) is 5.97 Å². The van der Waals surface area contributed by atoms with Crippen LogP contribution in [0, 0.1) is 0 Å². The van der Waals surface area contributed by atoms with E-state index < -0.39 is 0 Å². The van der Waals surface area contributed by atoms with Gasteiger partial charge < -0.3 is 4.74 Å². The Labute approximate surface area is 132 Å². The third-order valence-electron chi connectivity index (χ3n) is 3.58. The monoisotopic (exact) mass is 294 g/mol. The van der Waals surface area contributed by atoms with E-state index in [1.165, 1.54) is 24.8 Å². The van der Waals surface area contributed by atoms with E-state index in [4.69, 9.17) is 4.74 Å². The molecule has 0 aromatic heterocycles. The molecule has 0 saturated heterocycles. The van der Waals surface area contributed by atoms with Crippen LogP contribution < -0.4 is 4.74 Å². The van der Waals surface area contributed by atoms with Crippen LogP contribution in [0.1, 0.15) is 47.7 Å². The number of carbonyl (C=O) groups is 1. The molecule has 0 atom stereocenters. The minimum absolute atomic E-state index is 0.339. The van der Waals surface area contributed by atoms with Crippen molar-refractivity contribution in [3.8, 4) is 5.75 Å². The lowest BCUT2D eigenvalue weighted by atomic mass is 10.1. The van der Waals surface area contributed by atoms with E-state index in [-0.39, 0.29) is 5.97 Å². The number of benzene rings is 2. The zero-order valence-electron chi connectivity index (χ0n) is 13.0. The highest BCUT2D eigenvalue weighted by Crippen LogP contribution is 2.16. The second-order valence-electron chi connectivity index (χ2n) is 5.32. The van der Waals surface area contributed by atoms with Gasteiger partial charge in [-0.2, -0.15) is 0 Å². The predicted octanol–water partition coefficient (Wildman–Crippen LogP) is 5.28. The SMILES string of the molecule is C=Cc1ccc(C(=O)Oc2ccc(CCCCC)cc2)cc1. The van der Waals surface area contributed by atoms with Crippen molar-refractivity contribution < 1.29 is 9.53 Å². The van der Waals surface area contributed by atoms with Crippen molar-refractivity contribution in [3.05, 3.63) is 71.8 Å². The summed E-state index contributed by atoms with van der Waals surface area (Å²) in [6.45, 7) is 5.89. The maximum Gasteiger partial charge on any atom is 0.343 e. The Bertz CT molecular complexity index is 609. The molecule has 0 unspecified atom stereocenters. The number of ether oxygens (including phenoxy) is 1. The molecule has 2 aromatic rings. The van der Waals surface area contributed by atoms with Crippen molar-refractivity contribution in [1.29, 1.82) is 0 Å².